The predicted molar refractivity (Wildman–Crippen MR) is 107 cm³/mol. The van der Waals surface area contributed by atoms with Gasteiger partial charge in [0.15, 0.2) is 0 Å². The SMILES string of the molecule is CCN1CCCC(Oc2ccc3[nH]c(=O)c4c(c3c2)CCSC4)C1.Cl. The zero-order chi connectivity index (χ0) is 16.5. The summed E-state index contributed by atoms with van der Waals surface area (Å²) in [5, 5.41) is 1.16. The van der Waals surface area contributed by atoms with Gasteiger partial charge in [0.05, 0.1) is 0 Å². The van der Waals surface area contributed by atoms with E-state index < -0.39 is 0 Å². The minimum Gasteiger partial charge on any atom is -0.489 e. The van der Waals surface area contributed by atoms with Crippen LogP contribution < -0.4 is 10.3 Å². The lowest BCUT2D eigenvalue weighted by Gasteiger charge is -2.32. The Bertz CT molecular complexity index is 808. The van der Waals surface area contributed by atoms with Gasteiger partial charge in [-0.15, -0.1) is 12.4 Å². The molecule has 1 atom stereocenters. The normalized spacial score (nSPS) is 20.8. The van der Waals surface area contributed by atoms with Crippen molar-refractivity contribution in [2.45, 2.75) is 38.0 Å². The zero-order valence-electron chi connectivity index (χ0n) is 14.5. The van der Waals surface area contributed by atoms with E-state index >= 15 is 0 Å². The van der Waals surface area contributed by atoms with Crippen molar-refractivity contribution in [2.75, 3.05) is 25.4 Å². The molecule has 6 heteroatoms. The molecule has 4 rings (SSSR count). The highest BCUT2D eigenvalue weighted by Crippen LogP contribution is 2.30. The third-order valence-corrected chi connectivity index (χ3v) is 6.14. The number of aromatic nitrogens is 1. The van der Waals surface area contributed by atoms with Gasteiger partial charge in [-0.2, -0.15) is 11.8 Å². The summed E-state index contributed by atoms with van der Waals surface area (Å²) in [5.74, 6) is 2.84. The maximum atomic E-state index is 12.2. The van der Waals surface area contributed by atoms with Crippen molar-refractivity contribution in [3.8, 4) is 5.75 Å². The number of rotatable bonds is 3. The Balaban J connectivity index is 0.00000182. The summed E-state index contributed by atoms with van der Waals surface area (Å²) in [4.78, 5) is 17.7. The van der Waals surface area contributed by atoms with Gasteiger partial charge in [0.1, 0.15) is 11.9 Å². The number of pyridine rings is 1. The van der Waals surface area contributed by atoms with Crippen LogP contribution in [0.2, 0.25) is 0 Å². The van der Waals surface area contributed by atoms with Gasteiger partial charge in [0.25, 0.3) is 5.56 Å². The van der Waals surface area contributed by atoms with Crippen molar-refractivity contribution in [1.29, 1.82) is 0 Å². The Labute approximate surface area is 158 Å². The highest BCUT2D eigenvalue weighted by Gasteiger charge is 2.21. The number of hydrogen-bond acceptors (Lipinski definition) is 4. The quantitative estimate of drug-likeness (QED) is 0.883. The lowest BCUT2D eigenvalue weighted by molar-refractivity contribution is 0.0921. The third-order valence-electron chi connectivity index (χ3n) is 5.16. The first-order valence-electron chi connectivity index (χ1n) is 8.89. The molecule has 0 radical (unpaired) electrons. The van der Waals surface area contributed by atoms with E-state index in [9.17, 15) is 4.79 Å². The Morgan fingerprint density at radius 2 is 2.24 bits per heavy atom. The van der Waals surface area contributed by atoms with Gasteiger partial charge >= 0.3 is 0 Å². The van der Waals surface area contributed by atoms with Gasteiger partial charge in [-0.1, -0.05) is 6.92 Å². The minimum atomic E-state index is 0. The molecule has 0 saturated carbocycles. The monoisotopic (exact) mass is 380 g/mol. The van der Waals surface area contributed by atoms with Crippen molar-refractivity contribution in [1.82, 2.24) is 9.88 Å². The number of hydrogen-bond donors (Lipinski definition) is 1. The summed E-state index contributed by atoms with van der Waals surface area (Å²) in [5.41, 5.74) is 3.17. The number of piperidine rings is 1. The molecule has 2 aliphatic heterocycles. The van der Waals surface area contributed by atoms with E-state index in [1.165, 1.54) is 18.5 Å². The van der Waals surface area contributed by atoms with Crippen molar-refractivity contribution in [3.05, 3.63) is 39.7 Å². The fourth-order valence-electron chi connectivity index (χ4n) is 3.83. The number of aromatic amines is 1. The molecule has 25 heavy (non-hydrogen) atoms. The van der Waals surface area contributed by atoms with E-state index in [4.69, 9.17) is 4.74 Å². The molecule has 136 valence electrons. The van der Waals surface area contributed by atoms with Crippen LogP contribution in [0.25, 0.3) is 10.9 Å². The van der Waals surface area contributed by atoms with Gasteiger partial charge in [0, 0.05) is 28.8 Å². The van der Waals surface area contributed by atoms with Crippen molar-refractivity contribution >= 4 is 35.1 Å². The maximum Gasteiger partial charge on any atom is 0.252 e. The first-order valence-corrected chi connectivity index (χ1v) is 10.0. The van der Waals surface area contributed by atoms with Crippen LogP contribution in [-0.2, 0) is 12.2 Å². The number of H-pyrrole nitrogens is 1. The number of likely N-dealkylation sites (N-methyl/N-ethyl adjacent to an activating group) is 1. The van der Waals surface area contributed by atoms with Gasteiger partial charge in [-0.05, 0) is 61.9 Å². The maximum absolute atomic E-state index is 12.2. The number of nitrogens with one attached hydrogen (secondary N) is 1. The van der Waals surface area contributed by atoms with E-state index in [0.717, 1.165) is 59.7 Å². The smallest absolute Gasteiger partial charge is 0.252 e. The molecular formula is C19H25ClN2O2S. The topological polar surface area (TPSA) is 45.3 Å². The fourth-order valence-corrected chi connectivity index (χ4v) is 4.83. The molecule has 1 saturated heterocycles. The summed E-state index contributed by atoms with van der Waals surface area (Å²) in [6, 6.07) is 6.12. The molecule has 4 nitrogen and oxygen atoms in total. The van der Waals surface area contributed by atoms with Gasteiger partial charge in [-0.25, -0.2) is 0 Å². The molecule has 0 aliphatic carbocycles. The second-order valence-corrected chi connectivity index (χ2v) is 7.80. The largest absolute Gasteiger partial charge is 0.489 e. The molecule has 1 aromatic carbocycles. The number of benzene rings is 1. The Morgan fingerprint density at radius 1 is 1.36 bits per heavy atom. The lowest BCUT2D eigenvalue weighted by Crippen LogP contribution is -2.40. The summed E-state index contributed by atoms with van der Waals surface area (Å²) >= 11 is 1.84. The molecule has 1 N–H and O–H groups in total. The van der Waals surface area contributed by atoms with Crippen LogP contribution in [-0.4, -0.2) is 41.4 Å². The van der Waals surface area contributed by atoms with Crippen LogP contribution >= 0.6 is 24.2 Å². The molecule has 0 spiro atoms. The second-order valence-electron chi connectivity index (χ2n) is 6.70. The molecule has 2 aliphatic rings. The minimum absolute atomic E-state index is 0. The molecular weight excluding hydrogens is 356 g/mol. The first-order chi connectivity index (χ1) is 11.7. The van der Waals surface area contributed by atoms with Crippen LogP contribution in [0.1, 0.15) is 30.9 Å². The van der Waals surface area contributed by atoms with E-state index in [-0.39, 0.29) is 24.1 Å². The van der Waals surface area contributed by atoms with Crippen LogP contribution in [0.4, 0.5) is 0 Å². The van der Waals surface area contributed by atoms with Crippen molar-refractivity contribution in [3.63, 3.8) is 0 Å². The molecule has 0 amide bonds. The summed E-state index contributed by atoms with van der Waals surface area (Å²) in [6.07, 6.45) is 3.56. The number of thioether (sulfide) groups is 1. The predicted octanol–water partition coefficient (Wildman–Crippen LogP) is 3.60. The van der Waals surface area contributed by atoms with Gasteiger partial charge in [0.2, 0.25) is 0 Å². The van der Waals surface area contributed by atoms with Crippen LogP contribution in [0, 0.1) is 0 Å². The number of ether oxygens (including phenoxy) is 1. The van der Waals surface area contributed by atoms with Crippen LogP contribution in [0.3, 0.4) is 0 Å². The number of fused-ring (bicyclic) bond motifs is 3. The molecule has 1 fully saturated rings. The molecule has 1 unspecified atom stereocenters. The van der Waals surface area contributed by atoms with Crippen molar-refractivity contribution < 1.29 is 4.74 Å². The standard InChI is InChI=1S/C19H24N2O2S.ClH/c1-2-21-8-3-4-14(11-21)23-13-5-6-18-16(10-13)15-7-9-24-12-17(15)19(22)20-18;/h5-6,10,14H,2-4,7-9,11-12H2,1H3,(H,20,22);1H. The number of halogens is 1. The summed E-state index contributed by atoms with van der Waals surface area (Å²) < 4.78 is 6.28. The highest BCUT2D eigenvalue weighted by atomic mass is 35.5. The molecule has 2 aromatic rings. The zero-order valence-corrected chi connectivity index (χ0v) is 16.2. The second kappa shape index (κ2) is 8.02. The Hall–Kier alpha value is -1.17. The van der Waals surface area contributed by atoms with Gasteiger partial charge < -0.3 is 9.72 Å². The van der Waals surface area contributed by atoms with Gasteiger partial charge in [-0.3, -0.25) is 9.69 Å². The average Bonchev–Trinajstić information content (AvgIpc) is 2.63. The number of likely N-dealkylation sites (tertiary alicyclic amines) is 1. The highest BCUT2D eigenvalue weighted by molar-refractivity contribution is 7.98. The summed E-state index contributed by atoms with van der Waals surface area (Å²) in [7, 11) is 0. The van der Waals surface area contributed by atoms with E-state index in [1.54, 1.807) is 0 Å². The number of aryl methyl sites for hydroxylation is 1. The Kier molecular flexibility index (Phi) is 5.97. The van der Waals surface area contributed by atoms with Crippen molar-refractivity contribution in [2.24, 2.45) is 0 Å². The Morgan fingerprint density at radius 3 is 3.08 bits per heavy atom. The van der Waals surface area contributed by atoms with E-state index in [0.29, 0.717) is 0 Å². The third kappa shape index (κ3) is 3.83. The molecule has 3 heterocycles. The number of nitrogens with zero attached hydrogens (tertiary/aromatic N) is 1. The first kappa shape index (κ1) is 18.6. The molecule has 0 bridgehead atoms. The summed E-state index contributed by atoms with van der Waals surface area (Å²) in [6.45, 7) is 5.48. The fraction of sp³-hybridized carbons (Fsp3) is 0.526. The van der Waals surface area contributed by atoms with E-state index in [2.05, 4.69) is 22.9 Å². The average molecular weight is 381 g/mol. The molecule has 1 aromatic heterocycles. The van der Waals surface area contributed by atoms with Crippen LogP contribution in [0.5, 0.6) is 5.75 Å². The van der Waals surface area contributed by atoms with Crippen LogP contribution in [0.15, 0.2) is 23.0 Å². The van der Waals surface area contributed by atoms with E-state index in [1.807, 2.05) is 23.9 Å². The lowest BCUT2D eigenvalue weighted by atomic mass is 10.0.